The number of hydrogen-bond acceptors (Lipinski definition) is 5. The van der Waals surface area contributed by atoms with E-state index in [1.165, 1.54) is 23.9 Å². The summed E-state index contributed by atoms with van der Waals surface area (Å²) in [5.74, 6) is 0.523. The average Bonchev–Trinajstić information content (AvgIpc) is 3.11. The van der Waals surface area contributed by atoms with Crippen LogP contribution in [0.25, 0.3) is 22.3 Å². The van der Waals surface area contributed by atoms with Gasteiger partial charge in [-0.2, -0.15) is 0 Å². The Hall–Kier alpha value is -2.47. The number of fused-ring (bicyclic) bond motifs is 1. The lowest BCUT2D eigenvalue weighted by Crippen LogP contribution is -2.28. The largest absolute Gasteiger partial charge is 0.352 e. The summed E-state index contributed by atoms with van der Waals surface area (Å²) in [4.78, 5) is 24.8. The Morgan fingerprint density at radius 1 is 1.10 bits per heavy atom. The Kier molecular flexibility index (Phi) is 5.53. The molecule has 0 N–H and O–H groups in total. The maximum absolute atomic E-state index is 13.5. The number of benzene rings is 2. The van der Waals surface area contributed by atoms with Crippen LogP contribution < -0.4 is 4.90 Å². The van der Waals surface area contributed by atoms with E-state index < -0.39 is 0 Å². The molecule has 1 saturated heterocycles. The van der Waals surface area contributed by atoms with E-state index in [1.54, 1.807) is 12.1 Å². The lowest BCUT2D eigenvalue weighted by molar-refractivity contribution is 0.108. The number of thioether (sulfide) groups is 1. The first-order valence-electron chi connectivity index (χ1n) is 10.3. The van der Waals surface area contributed by atoms with Gasteiger partial charge in [-0.1, -0.05) is 32.5 Å². The van der Waals surface area contributed by atoms with Crippen molar-refractivity contribution in [2.45, 2.75) is 51.3 Å². The van der Waals surface area contributed by atoms with Gasteiger partial charge >= 0.3 is 0 Å². The molecule has 2 heterocycles. The molecule has 1 fully saturated rings. The van der Waals surface area contributed by atoms with Crippen LogP contribution in [0.15, 0.2) is 42.5 Å². The average molecular weight is 424 g/mol. The fourth-order valence-electron chi connectivity index (χ4n) is 3.76. The Bertz CT molecular complexity index is 1090. The second-order valence-electron chi connectivity index (χ2n) is 8.79. The molecule has 0 bridgehead atoms. The van der Waals surface area contributed by atoms with Gasteiger partial charge in [0.25, 0.3) is 0 Å². The van der Waals surface area contributed by atoms with Crippen molar-refractivity contribution in [1.29, 1.82) is 0 Å². The molecule has 2 aromatic carbocycles. The molecular weight excluding hydrogens is 397 g/mol. The Labute approximate surface area is 180 Å². The van der Waals surface area contributed by atoms with Crippen LogP contribution in [0.3, 0.4) is 0 Å². The zero-order chi connectivity index (χ0) is 21.5. The minimum absolute atomic E-state index is 0.0323. The lowest BCUT2D eigenvalue weighted by atomic mass is 10.1. The number of aromatic nitrogens is 2. The predicted molar refractivity (Wildman–Crippen MR) is 123 cm³/mol. The Morgan fingerprint density at radius 3 is 2.47 bits per heavy atom. The van der Waals surface area contributed by atoms with Gasteiger partial charge < -0.3 is 4.90 Å². The van der Waals surface area contributed by atoms with Crippen LogP contribution in [-0.4, -0.2) is 32.4 Å². The van der Waals surface area contributed by atoms with Crippen LogP contribution in [0.4, 0.5) is 10.2 Å². The standard InChI is InChI=1S/C24H26FN3OS/c1-15-6-5-13-28(15)22-21(16-7-10-18(25)11-8-16)26-19-12-9-17(14-20(19)27-22)23(29)30-24(2,3)4/h7-12,14-15H,5-6,13H2,1-4H3/t15-/m0/s1. The number of carbonyl (C=O) groups excluding carboxylic acids is 1. The number of carbonyl (C=O) groups is 1. The first kappa shape index (κ1) is 20.8. The van der Waals surface area contributed by atoms with Crippen LogP contribution >= 0.6 is 11.8 Å². The molecule has 30 heavy (non-hydrogen) atoms. The van der Waals surface area contributed by atoms with E-state index in [4.69, 9.17) is 9.97 Å². The van der Waals surface area contributed by atoms with Crippen LogP contribution in [-0.2, 0) is 0 Å². The lowest BCUT2D eigenvalue weighted by Gasteiger charge is -2.25. The van der Waals surface area contributed by atoms with E-state index in [9.17, 15) is 9.18 Å². The second-order valence-corrected chi connectivity index (χ2v) is 10.6. The molecule has 156 valence electrons. The van der Waals surface area contributed by atoms with Gasteiger partial charge in [0.1, 0.15) is 11.5 Å². The Balaban J connectivity index is 1.83. The highest BCUT2D eigenvalue weighted by atomic mass is 32.2. The van der Waals surface area contributed by atoms with Gasteiger partial charge in [-0.25, -0.2) is 14.4 Å². The minimum atomic E-state index is -0.275. The molecule has 0 saturated carbocycles. The van der Waals surface area contributed by atoms with Crippen LogP contribution in [0.2, 0.25) is 0 Å². The van der Waals surface area contributed by atoms with Gasteiger partial charge in [0.15, 0.2) is 5.82 Å². The van der Waals surface area contributed by atoms with E-state index in [0.29, 0.717) is 17.1 Å². The zero-order valence-corrected chi connectivity index (χ0v) is 18.6. The van der Waals surface area contributed by atoms with Crippen molar-refractivity contribution in [3.8, 4) is 11.3 Å². The van der Waals surface area contributed by atoms with Crippen molar-refractivity contribution in [3.05, 3.63) is 53.8 Å². The van der Waals surface area contributed by atoms with Crippen molar-refractivity contribution in [1.82, 2.24) is 9.97 Å². The molecule has 1 aliphatic rings. The molecule has 1 aromatic heterocycles. The summed E-state index contributed by atoms with van der Waals surface area (Å²) >= 11 is 1.32. The Morgan fingerprint density at radius 2 is 1.83 bits per heavy atom. The molecule has 0 radical (unpaired) electrons. The van der Waals surface area contributed by atoms with Crippen molar-refractivity contribution in [2.24, 2.45) is 0 Å². The SMILES string of the molecule is C[C@H]1CCCN1c1nc2cc(C(=O)SC(C)(C)C)ccc2nc1-c1ccc(F)cc1. The molecule has 1 atom stereocenters. The molecule has 0 unspecified atom stereocenters. The topological polar surface area (TPSA) is 46.1 Å². The van der Waals surface area contributed by atoms with Gasteiger partial charge in [0, 0.05) is 28.5 Å². The second kappa shape index (κ2) is 7.99. The third-order valence-electron chi connectivity index (χ3n) is 5.22. The summed E-state index contributed by atoms with van der Waals surface area (Å²) in [6, 6.07) is 12.2. The normalized spacial score (nSPS) is 17.0. The number of halogens is 1. The molecule has 0 amide bonds. The van der Waals surface area contributed by atoms with Crippen molar-refractivity contribution in [3.63, 3.8) is 0 Å². The van der Waals surface area contributed by atoms with Gasteiger partial charge in [-0.15, -0.1) is 0 Å². The molecule has 3 aromatic rings. The number of nitrogens with zero attached hydrogens (tertiary/aromatic N) is 3. The van der Waals surface area contributed by atoms with Crippen molar-refractivity contribution in [2.75, 3.05) is 11.4 Å². The smallest absolute Gasteiger partial charge is 0.219 e. The molecule has 4 nitrogen and oxygen atoms in total. The zero-order valence-electron chi connectivity index (χ0n) is 17.8. The maximum atomic E-state index is 13.5. The van der Waals surface area contributed by atoms with Crippen LogP contribution in [0.5, 0.6) is 0 Å². The molecule has 0 spiro atoms. The maximum Gasteiger partial charge on any atom is 0.219 e. The third-order valence-corrected chi connectivity index (χ3v) is 6.26. The summed E-state index contributed by atoms with van der Waals surface area (Å²) < 4.78 is 13.3. The monoisotopic (exact) mass is 423 g/mol. The quantitative estimate of drug-likeness (QED) is 0.510. The van der Waals surface area contributed by atoms with Crippen LogP contribution in [0, 0.1) is 5.82 Å². The number of rotatable bonds is 3. The molecule has 1 aliphatic heterocycles. The highest BCUT2D eigenvalue weighted by Gasteiger charge is 2.26. The summed E-state index contributed by atoms with van der Waals surface area (Å²) in [6.45, 7) is 9.18. The van der Waals surface area contributed by atoms with Gasteiger partial charge in [0.05, 0.1) is 11.0 Å². The number of hydrogen-bond donors (Lipinski definition) is 0. The first-order chi connectivity index (χ1) is 14.2. The van der Waals surface area contributed by atoms with Gasteiger partial charge in [-0.3, -0.25) is 4.79 Å². The molecular formula is C24H26FN3OS. The van der Waals surface area contributed by atoms with Crippen molar-refractivity contribution < 1.29 is 9.18 Å². The van der Waals surface area contributed by atoms with Crippen LogP contribution in [0.1, 0.15) is 50.9 Å². The van der Waals surface area contributed by atoms with Gasteiger partial charge in [-0.05, 0) is 62.2 Å². The van der Waals surface area contributed by atoms with E-state index in [-0.39, 0.29) is 15.7 Å². The van der Waals surface area contributed by atoms with E-state index in [1.807, 2.05) is 39.0 Å². The highest BCUT2D eigenvalue weighted by Crippen LogP contribution is 2.35. The third kappa shape index (κ3) is 4.33. The molecule has 4 rings (SSSR count). The summed E-state index contributed by atoms with van der Waals surface area (Å²) in [7, 11) is 0. The first-order valence-corrected chi connectivity index (χ1v) is 11.1. The summed E-state index contributed by atoms with van der Waals surface area (Å²) in [6.07, 6.45) is 2.20. The van der Waals surface area contributed by atoms with E-state index >= 15 is 0 Å². The summed E-state index contributed by atoms with van der Waals surface area (Å²) in [5, 5.41) is 0.0323. The molecule has 0 aliphatic carbocycles. The van der Waals surface area contributed by atoms with E-state index in [0.717, 1.165) is 42.0 Å². The minimum Gasteiger partial charge on any atom is -0.352 e. The highest BCUT2D eigenvalue weighted by molar-refractivity contribution is 8.15. The fourth-order valence-corrected chi connectivity index (χ4v) is 4.56. The fraction of sp³-hybridized carbons (Fsp3) is 0.375. The number of anilines is 1. The van der Waals surface area contributed by atoms with Gasteiger partial charge in [0.2, 0.25) is 5.12 Å². The predicted octanol–water partition coefficient (Wildman–Crippen LogP) is 6.10. The summed E-state index contributed by atoms with van der Waals surface area (Å²) in [5.41, 5.74) is 3.65. The van der Waals surface area contributed by atoms with Crippen molar-refractivity contribution >= 4 is 33.7 Å². The molecule has 6 heteroatoms. The van der Waals surface area contributed by atoms with E-state index in [2.05, 4.69) is 11.8 Å².